The molecule has 1 unspecified atom stereocenters. The van der Waals surface area contributed by atoms with Crippen LogP contribution in [0, 0.1) is 6.92 Å². The lowest BCUT2D eigenvalue weighted by Crippen LogP contribution is -2.42. The maximum atomic E-state index is 12.7. The first-order valence-electron chi connectivity index (χ1n) is 9.78. The van der Waals surface area contributed by atoms with E-state index in [0.29, 0.717) is 49.9 Å². The number of aromatic nitrogens is 4. The molecule has 0 spiro atoms. The van der Waals surface area contributed by atoms with E-state index in [9.17, 15) is 4.79 Å². The predicted octanol–water partition coefficient (Wildman–Crippen LogP) is 2.38. The second-order valence-corrected chi connectivity index (χ2v) is 6.96. The van der Waals surface area contributed by atoms with Gasteiger partial charge in [0.2, 0.25) is 11.8 Å². The molecular formula is C21H23N5O4. The smallest absolute Gasteiger partial charge is 0.227 e. The number of methoxy groups -OCH3 is 1. The average Bonchev–Trinajstić information content (AvgIpc) is 3.22. The fraction of sp³-hybridized carbons (Fsp3) is 0.381. The maximum absolute atomic E-state index is 12.7. The minimum atomic E-state index is -0.358. The molecule has 0 saturated carbocycles. The van der Waals surface area contributed by atoms with Crippen LogP contribution in [0.2, 0.25) is 0 Å². The Kier molecular flexibility index (Phi) is 5.99. The van der Waals surface area contributed by atoms with Crippen LogP contribution in [-0.2, 0) is 16.0 Å². The van der Waals surface area contributed by atoms with Crippen LogP contribution < -0.4 is 4.74 Å². The third kappa shape index (κ3) is 4.46. The van der Waals surface area contributed by atoms with E-state index in [1.807, 2.05) is 24.3 Å². The van der Waals surface area contributed by atoms with Crippen molar-refractivity contribution < 1.29 is 18.8 Å². The molecular weight excluding hydrogens is 386 g/mol. The molecule has 3 aromatic rings. The molecule has 1 aliphatic heterocycles. The van der Waals surface area contributed by atoms with Crippen molar-refractivity contribution in [2.24, 2.45) is 0 Å². The molecule has 1 aromatic carbocycles. The Bertz CT molecular complexity index is 1020. The van der Waals surface area contributed by atoms with Crippen molar-refractivity contribution in [2.45, 2.75) is 25.9 Å². The van der Waals surface area contributed by atoms with Crippen molar-refractivity contribution in [2.75, 3.05) is 26.8 Å². The van der Waals surface area contributed by atoms with Gasteiger partial charge in [0.1, 0.15) is 11.9 Å². The Labute approximate surface area is 174 Å². The third-order valence-electron chi connectivity index (χ3n) is 4.92. The van der Waals surface area contributed by atoms with Gasteiger partial charge in [-0.3, -0.25) is 14.8 Å². The van der Waals surface area contributed by atoms with Gasteiger partial charge in [-0.05, 0) is 19.1 Å². The van der Waals surface area contributed by atoms with E-state index in [4.69, 9.17) is 14.0 Å². The van der Waals surface area contributed by atoms with Crippen LogP contribution in [0.1, 0.15) is 29.9 Å². The number of ether oxygens (including phenoxy) is 2. The van der Waals surface area contributed by atoms with Gasteiger partial charge < -0.3 is 18.9 Å². The van der Waals surface area contributed by atoms with Crippen LogP contribution in [0.25, 0.3) is 11.3 Å². The van der Waals surface area contributed by atoms with Crippen molar-refractivity contribution in [1.82, 2.24) is 25.0 Å². The Morgan fingerprint density at radius 1 is 1.30 bits per heavy atom. The Morgan fingerprint density at radius 3 is 2.97 bits per heavy atom. The van der Waals surface area contributed by atoms with Crippen molar-refractivity contribution in [3.05, 3.63) is 54.1 Å². The number of rotatable bonds is 6. The highest BCUT2D eigenvalue weighted by Crippen LogP contribution is 2.30. The summed E-state index contributed by atoms with van der Waals surface area (Å²) in [6.07, 6.45) is 3.65. The van der Waals surface area contributed by atoms with Gasteiger partial charge in [0.25, 0.3) is 0 Å². The van der Waals surface area contributed by atoms with E-state index in [0.717, 1.165) is 17.0 Å². The van der Waals surface area contributed by atoms with E-state index in [-0.39, 0.29) is 12.0 Å². The second kappa shape index (κ2) is 9.00. The second-order valence-electron chi connectivity index (χ2n) is 6.96. The summed E-state index contributed by atoms with van der Waals surface area (Å²) in [5.41, 5.74) is 2.31. The summed E-state index contributed by atoms with van der Waals surface area (Å²) in [5, 5.41) is 3.75. The SMILES string of the molecule is COc1cccc(-c2nccnc2C2CN(C(=O)CCc3nc(C)no3)CCO2)c1. The van der Waals surface area contributed by atoms with Gasteiger partial charge in [-0.15, -0.1) is 0 Å². The quantitative estimate of drug-likeness (QED) is 0.611. The fourth-order valence-corrected chi connectivity index (χ4v) is 3.43. The first-order valence-corrected chi connectivity index (χ1v) is 9.78. The van der Waals surface area contributed by atoms with E-state index in [2.05, 4.69) is 20.1 Å². The lowest BCUT2D eigenvalue weighted by atomic mass is 10.0. The number of carbonyl (C=O) groups excluding carboxylic acids is 1. The highest BCUT2D eigenvalue weighted by Gasteiger charge is 2.29. The number of hydrogen-bond donors (Lipinski definition) is 0. The van der Waals surface area contributed by atoms with E-state index < -0.39 is 0 Å². The third-order valence-corrected chi connectivity index (χ3v) is 4.92. The number of hydrogen-bond acceptors (Lipinski definition) is 8. The Balaban J connectivity index is 1.48. The molecule has 30 heavy (non-hydrogen) atoms. The van der Waals surface area contributed by atoms with Gasteiger partial charge in [-0.2, -0.15) is 4.98 Å². The largest absolute Gasteiger partial charge is 0.497 e. The highest BCUT2D eigenvalue weighted by molar-refractivity contribution is 5.76. The molecule has 4 rings (SSSR count). The van der Waals surface area contributed by atoms with Crippen LogP contribution in [0.4, 0.5) is 0 Å². The lowest BCUT2D eigenvalue weighted by molar-refractivity contribution is -0.139. The van der Waals surface area contributed by atoms with E-state index >= 15 is 0 Å². The normalized spacial score (nSPS) is 16.5. The molecule has 3 heterocycles. The number of amides is 1. The highest BCUT2D eigenvalue weighted by atomic mass is 16.5. The number of aryl methyl sites for hydroxylation is 2. The van der Waals surface area contributed by atoms with Crippen LogP contribution in [-0.4, -0.2) is 57.7 Å². The molecule has 2 aromatic heterocycles. The number of morpholine rings is 1. The molecule has 0 aliphatic carbocycles. The van der Waals surface area contributed by atoms with Gasteiger partial charge >= 0.3 is 0 Å². The van der Waals surface area contributed by atoms with E-state index in [1.165, 1.54) is 0 Å². The summed E-state index contributed by atoms with van der Waals surface area (Å²) in [6.45, 7) is 3.14. The zero-order valence-electron chi connectivity index (χ0n) is 16.9. The molecule has 1 amide bonds. The monoisotopic (exact) mass is 409 g/mol. The molecule has 156 valence electrons. The Hall–Kier alpha value is -3.33. The summed E-state index contributed by atoms with van der Waals surface area (Å²) >= 11 is 0. The molecule has 1 saturated heterocycles. The standard InChI is InChI=1S/C21H23N5O4/c1-14-24-18(30-25-14)6-7-19(27)26-10-11-29-17(13-26)21-20(22-8-9-23-21)15-4-3-5-16(12-15)28-2/h3-5,8-9,12,17H,6-7,10-11,13H2,1-2H3. The number of carbonyl (C=O) groups is 1. The number of benzene rings is 1. The van der Waals surface area contributed by atoms with E-state index in [1.54, 1.807) is 31.3 Å². The average molecular weight is 409 g/mol. The summed E-state index contributed by atoms with van der Waals surface area (Å²) in [5.74, 6) is 1.80. The van der Waals surface area contributed by atoms with Gasteiger partial charge in [0.05, 0.1) is 31.6 Å². The molecule has 1 fully saturated rings. The van der Waals surface area contributed by atoms with Crippen LogP contribution >= 0.6 is 0 Å². The summed E-state index contributed by atoms with van der Waals surface area (Å²) < 4.78 is 16.4. The Morgan fingerprint density at radius 2 is 2.17 bits per heavy atom. The molecule has 9 nitrogen and oxygen atoms in total. The molecule has 0 N–H and O–H groups in total. The molecule has 9 heteroatoms. The fourth-order valence-electron chi connectivity index (χ4n) is 3.43. The van der Waals surface area contributed by atoms with Gasteiger partial charge in [0.15, 0.2) is 5.82 Å². The van der Waals surface area contributed by atoms with Crippen molar-refractivity contribution >= 4 is 5.91 Å². The van der Waals surface area contributed by atoms with Gasteiger partial charge in [-0.1, -0.05) is 17.3 Å². The summed E-state index contributed by atoms with van der Waals surface area (Å²) in [7, 11) is 1.63. The maximum Gasteiger partial charge on any atom is 0.227 e. The van der Waals surface area contributed by atoms with Crippen molar-refractivity contribution in [3.8, 4) is 17.0 Å². The summed E-state index contributed by atoms with van der Waals surface area (Å²) in [4.78, 5) is 27.7. The molecule has 1 aliphatic rings. The zero-order chi connectivity index (χ0) is 20.9. The topological polar surface area (TPSA) is 103 Å². The van der Waals surface area contributed by atoms with Crippen molar-refractivity contribution in [1.29, 1.82) is 0 Å². The predicted molar refractivity (Wildman–Crippen MR) is 107 cm³/mol. The molecule has 1 atom stereocenters. The minimum absolute atomic E-state index is 0.0194. The van der Waals surface area contributed by atoms with Gasteiger partial charge in [-0.25, -0.2) is 0 Å². The lowest BCUT2D eigenvalue weighted by Gasteiger charge is -2.33. The van der Waals surface area contributed by atoms with Crippen LogP contribution in [0.3, 0.4) is 0 Å². The molecule has 0 bridgehead atoms. The summed E-state index contributed by atoms with van der Waals surface area (Å²) in [6, 6.07) is 7.64. The van der Waals surface area contributed by atoms with Gasteiger partial charge in [0, 0.05) is 37.3 Å². The zero-order valence-corrected chi connectivity index (χ0v) is 16.9. The first-order chi connectivity index (χ1) is 14.6. The minimum Gasteiger partial charge on any atom is -0.497 e. The van der Waals surface area contributed by atoms with Crippen molar-refractivity contribution in [3.63, 3.8) is 0 Å². The van der Waals surface area contributed by atoms with Crippen LogP contribution in [0.5, 0.6) is 5.75 Å². The first kappa shape index (κ1) is 20.0. The van der Waals surface area contributed by atoms with Crippen LogP contribution in [0.15, 0.2) is 41.2 Å². The molecule has 0 radical (unpaired) electrons. The number of nitrogens with zero attached hydrogens (tertiary/aromatic N) is 5.